The summed E-state index contributed by atoms with van der Waals surface area (Å²) in [6.45, 7) is 0.279. The lowest BCUT2D eigenvalue weighted by Crippen LogP contribution is -2.55. The van der Waals surface area contributed by atoms with Gasteiger partial charge in [-0.05, 0) is 60.2 Å². The van der Waals surface area contributed by atoms with Crippen LogP contribution >= 0.6 is 11.8 Å². The van der Waals surface area contributed by atoms with E-state index >= 15 is 0 Å². The molecule has 30 heavy (non-hydrogen) atoms. The molecule has 1 aliphatic heterocycles. The second-order valence-electron chi connectivity index (χ2n) is 7.06. The number of nitrogens with one attached hydrogen (secondary N) is 1. The molecule has 0 radical (unpaired) electrons. The maximum Gasteiger partial charge on any atom is 0.420 e. The van der Waals surface area contributed by atoms with Crippen LogP contribution in [-0.4, -0.2) is 30.1 Å². The Morgan fingerprint density at radius 1 is 1.13 bits per heavy atom. The topological polar surface area (TPSA) is 73.6 Å². The zero-order valence-corrected chi connectivity index (χ0v) is 17.2. The fraction of sp³-hybridized carbons (Fsp3) is 0.381. The first-order valence-electron chi connectivity index (χ1n) is 9.38. The summed E-state index contributed by atoms with van der Waals surface area (Å²) in [4.78, 5) is 12.4. The molecule has 9 heteroatoms. The number of hydrogen-bond acceptors (Lipinski definition) is 5. The number of amides is 1. The van der Waals surface area contributed by atoms with E-state index in [1.807, 2.05) is 0 Å². The number of nitrogens with two attached hydrogens (primary N) is 1. The summed E-state index contributed by atoms with van der Waals surface area (Å²) in [6, 6.07) is 10.0. The summed E-state index contributed by atoms with van der Waals surface area (Å²) in [5.41, 5.74) is 5.23. The zero-order valence-electron chi connectivity index (χ0n) is 16.4. The smallest absolute Gasteiger partial charge is 0.420 e. The standard InChI is InChI=1S/C21H23F3N2O3S/c1-28-16-6-7-18(17(12-16)21(22,23)24)29-15-4-2-14(3-5-15)13-26-19(27)20(25)8-10-30-11-9-20/h2-7,12H,8-11,13,25H2,1H3,(H,26,27). The number of halogens is 3. The Kier molecular flexibility index (Phi) is 6.82. The number of carbonyl (C=O) groups is 1. The molecule has 5 nitrogen and oxygen atoms in total. The number of hydrogen-bond donors (Lipinski definition) is 2. The molecule has 2 aromatic carbocycles. The van der Waals surface area contributed by atoms with Crippen molar-refractivity contribution in [3.63, 3.8) is 0 Å². The fourth-order valence-electron chi connectivity index (χ4n) is 3.07. The summed E-state index contributed by atoms with van der Waals surface area (Å²) < 4.78 is 50.2. The molecule has 0 bridgehead atoms. The van der Waals surface area contributed by atoms with Crippen LogP contribution in [0.1, 0.15) is 24.0 Å². The normalized spacial score (nSPS) is 16.0. The minimum absolute atomic E-state index is 0.0926. The first-order chi connectivity index (χ1) is 14.2. The lowest BCUT2D eigenvalue weighted by atomic mass is 9.92. The van der Waals surface area contributed by atoms with Crippen LogP contribution in [0.4, 0.5) is 13.2 Å². The molecule has 3 N–H and O–H groups in total. The van der Waals surface area contributed by atoms with E-state index < -0.39 is 17.3 Å². The van der Waals surface area contributed by atoms with Crippen molar-refractivity contribution in [2.75, 3.05) is 18.6 Å². The second-order valence-corrected chi connectivity index (χ2v) is 8.28. The predicted molar refractivity (Wildman–Crippen MR) is 110 cm³/mol. The Bertz CT molecular complexity index is 882. The number of benzene rings is 2. The van der Waals surface area contributed by atoms with Gasteiger partial charge < -0.3 is 20.5 Å². The van der Waals surface area contributed by atoms with Crippen LogP contribution < -0.4 is 20.5 Å². The molecular weight excluding hydrogens is 417 g/mol. The Balaban J connectivity index is 1.64. The first kappa shape index (κ1) is 22.3. The number of rotatable bonds is 6. The predicted octanol–water partition coefficient (Wildman–Crippen LogP) is 4.35. The van der Waals surface area contributed by atoms with E-state index in [2.05, 4.69) is 5.32 Å². The lowest BCUT2D eigenvalue weighted by molar-refractivity contribution is -0.138. The van der Waals surface area contributed by atoms with Gasteiger partial charge in [-0.15, -0.1) is 0 Å². The first-order valence-corrected chi connectivity index (χ1v) is 10.5. The highest BCUT2D eigenvalue weighted by Crippen LogP contribution is 2.40. The van der Waals surface area contributed by atoms with Crippen molar-refractivity contribution in [1.29, 1.82) is 0 Å². The molecule has 0 unspecified atom stereocenters. The Labute approximate surface area is 177 Å². The maximum absolute atomic E-state index is 13.3. The molecular formula is C21H23F3N2O3S. The van der Waals surface area contributed by atoms with Gasteiger partial charge in [0, 0.05) is 6.54 Å². The van der Waals surface area contributed by atoms with E-state index in [1.165, 1.54) is 19.2 Å². The van der Waals surface area contributed by atoms with Crippen LogP contribution in [-0.2, 0) is 17.5 Å². The number of alkyl halides is 3. The van der Waals surface area contributed by atoms with Crippen molar-refractivity contribution in [2.45, 2.75) is 31.1 Å². The summed E-state index contributed by atoms with van der Waals surface area (Å²) in [5.74, 6) is 1.57. The number of carbonyl (C=O) groups excluding carboxylic acids is 1. The van der Waals surface area contributed by atoms with E-state index in [4.69, 9.17) is 15.2 Å². The van der Waals surface area contributed by atoms with Gasteiger partial charge in [0.1, 0.15) is 22.8 Å². The third-order valence-corrected chi connectivity index (χ3v) is 5.92. The minimum atomic E-state index is -4.58. The fourth-order valence-corrected chi connectivity index (χ4v) is 4.29. The molecule has 2 aromatic rings. The summed E-state index contributed by atoms with van der Waals surface area (Å²) >= 11 is 1.78. The van der Waals surface area contributed by atoms with Crippen molar-refractivity contribution in [2.24, 2.45) is 5.73 Å². The van der Waals surface area contributed by atoms with Crippen molar-refractivity contribution in [1.82, 2.24) is 5.32 Å². The molecule has 1 aliphatic rings. The van der Waals surface area contributed by atoms with Crippen molar-refractivity contribution in [3.8, 4) is 17.2 Å². The van der Waals surface area contributed by atoms with Gasteiger partial charge in [0.05, 0.1) is 12.6 Å². The molecule has 1 amide bonds. The van der Waals surface area contributed by atoms with Crippen LogP contribution in [0.25, 0.3) is 0 Å². The van der Waals surface area contributed by atoms with Crippen LogP contribution in [0.2, 0.25) is 0 Å². The molecule has 0 saturated carbocycles. The van der Waals surface area contributed by atoms with E-state index in [-0.39, 0.29) is 29.7 Å². The SMILES string of the molecule is COc1ccc(Oc2ccc(CNC(=O)C3(N)CCSCC3)cc2)c(C(F)(F)F)c1. The quantitative estimate of drug-likeness (QED) is 0.699. The molecule has 1 heterocycles. The summed E-state index contributed by atoms with van der Waals surface area (Å²) in [6.07, 6.45) is -3.30. The molecule has 0 aliphatic carbocycles. The second kappa shape index (κ2) is 9.18. The van der Waals surface area contributed by atoms with Gasteiger partial charge in [-0.25, -0.2) is 0 Å². The number of methoxy groups -OCH3 is 1. The number of thioether (sulfide) groups is 1. The van der Waals surface area contributed by atoms with Crippen molar-refractivity contribution in [3.05, 3.63) is 53.6 Å². The monoisotopic (exact) mass is 440 g/mol. The van der Waals surface area contributed by atoms with E-state index in [9.17, 15) is 18.0 Å². The summed E-state index contributed by atoms with van der Waals surface area (Å²) in [7, 11) is 1.30. The van der Waals surface area contributed by atoms with Crippen LogP contribution in [0, 0.1) is 0 Å². The Hall–Kier alpha value is -2.39. The zero-order chi connectivity index (χ0) is 21.8. The van der Waals surface area contributed by atoms with Gasteiger partial charge in [-0.3, -0.25) is 4.79 Å². The molecule has 0 spiro atoms. The Morgan fingerprint density at radius 2 is 1.77 bits per heavy atom. The van der Waals surface area contributed by atoms with Crippen LogP contribution in [0.3, 0.4) is 0 Å². The van der Waals surface area contributed by atoms with Gasteiger partial charge in [-0.2, -0.15) is 24.9 Å². The third-order valence-electron chi connectivity index (χ3n) is 4.93. The summed E-state index contributed by atoms with van der Waals surface area (Å²) in [5, 5.41) is 2.84. The van der Waals surface area contributed by atoms with Crippen LogP contribution in [0.5, 0.6) is 17.2 Å². The highest BCUT2D eigenvalue weighted by molar-refractivity contribution is 7.99. The molecule has 0 aromatic heterocycles. The van der Waals surface area contributed by atoms with Gasteiger partial charge >= 0.3 is 6.18 Å². The highest BCUT2D eigenvalue weighted by atomic mass is 32.2. The molecule has 1 fully saturated rings. The molecule has 3 rings (SSSR count). The van der Waals surface area contributed by atoms with Crippen molar-refractivity contribution < 1.29 is 27.4 Å². The van der Waals surface area contributed by atoms with Gasteiger partial charge in [-0.1, -0.05) is 12.1 Å². The Morgan fingerprint density at radius 3 is 2.37 bits per heavy atom. The largest absolute Gasteiger partial charge is 0.497 e. The average molecular weight is 440 g/mol. The highest BCUT2D eigenvalue weighted by Gasteiger charge is 2.36. The van der Waals surface area contributed by atoms with E-state index in [0.29, 0.717) is 12.8 Å². The van der Waals surface area contributed by atoms with E-state index in [0.717, 1.165) is 23.1 Å². The molecule has 0 atom stereocenters. The maximum atomic E-state index is 13.3. The molecule has 162 valence electrons. The van der Waals surface area contributed by atoms with Gasteiger partial charge in [0.2, 0.25) is 5.91 Å². The average Bonchev–Trinajstić information content (AvgIpc) is 2.73. The lowest BCUT2D eigenvalue weighted by Gasteiger charge is -2.31. The van der Waals surface area contributed by atoms with Crippen molar-refractivity contribution >= 4 is 17.7 Å². The van der Waals surface area contributed by atoms with E-state index in [1.54, 1.807) is 36.0 Å². The van der Waals surface area contributed by atoms with Gasteiger partial charge in [0.15, 0.2) is 0 Å². The number of ether oxygens (including phenoxy) is 2. The van der Waals surface area contributed by atoms with Crippen LogP contribution in [0.15, 0.2) is 42.5 Å². The minimum Gasteiger partial charge on any atom is -0.497 e. The third kappa shape index (κ3) is 5.40. The van der Waals surface area contributed by atoms with Gasteiger partial charge in [0.25, 0.3) is 0 Å². The molecule has 1 saturated heterocycles.